The van der Waals surface area contributed by atoms with E-state index in [2.05, 4.69) is 14.8 Å². The molecule has 0 atom stereocenters. The Balaban J connectivity index is 0.00000361. The summed E-state index contributed by atoms with van der Waals surface area (Å²) in [6.07, 6.45) is -2.47. The van der Waals surface area contributed by atoms with Crippen LogP contribution in [0.25, 0.3) is 11.1 Å². The molecule has 1 aliphatic rings. The third kappa shape index (κ3) is 6.40. The maximum Gasteiger partial charge on any atom is 0.573 e. The quantitative estimate of drug-likeness (QED) is 0.439. The van der Waals surface area contributed by atoms with Crippen molar-refractivity contribution in [2.75, 3.05) is 11.6 Å². The van der Waals surface area contributed by atoms with Crippen LogP contribution in [-0.2, 0) is 26.8 Å². The van der Waals surface area contributed by atoms with E-state index < -0.39 is 21.8 Å². The highest BCUT2D eigenvalue weighted by molar-refractivity contribution is 7.88. The van der Waals surface area contributed by atoms with Gasteiger partial charge < -0.3 is 10.1 Å². The molecule has 3 aromatic rings. The fraction of sp³-hybridized carbons (Fsp3) is 0.240. The van der Waals surface area contributed by atoms with Gasteiger partial charge in [0.05, 0.1) is 11.7 Å². The smallest absolute Gasteiger partial charge is 0.406 e. The number of anilines is 1. The van der Waals surface area contributed by atoms with Crippen LogP contribution >= 0.6 is 0 Å². The van der Waals surface area contributed by atoms with Crippen molar-refractivity contribution < 1.29 is 32.5 Å². The largest absolute Gasteiger partial charge is 0.573 e. The lowest BCUT2D eigenvalue weighted by Gasteiger charge is -2.17. The van der Waals surface area contributed by atoms with Crippen LogP contribution in [0.1, 0.15) is 25.4 Å². The zero-order valence-corrected chi connectivity index (χ0v) is 19.5. The van der Waals surface area contributed by atoms with Crippen LogP contribution in [0.4, 0.5) is 18.9 Å². The Morgan fingerprint density at radius 2 is 1.66 bits per heavy atom. The minimum atomic E-state index is -4.77. The standard InChI is InChI=1S/C25H23F3N2O4S.H2/c1-35(32,33)29-16-17-5-7-18(8-6-17)19-3-2-4-21(15-19)30-23(31)24(13-14-24)20-9-11-22(12-10-20)34-25(26,27)28;/h2-12,15,29H,13-14,16H2,1H3,(H,30,31);1H. The van der Waals surface area contributed by atoms with E-state index >= 15 is 0 Å². The van der Waals surface area contributed by atoms with E-state index in [0.717, 1.165) is 22.9 Å². The number of carbonyl (C=O) groups excluding carboxylic acids is 1. The molecule has 0 aromatic heterocycles. The number of benzene rings is 3. The van der Waals surface area contributed by atoms with Gasteiger partial charge in [-0.1, -0.05) is 48.5 Å². The second-order valence-corrected chi connectivity index (χ2v) is 10.3. The highest BCUT2D eigenvalue weighted by Gasteiger charge is 2.51. The van der Waals surface area contributed by atoms with Crippen molar-refractivity contribution in [2.24, 2.45) is 0 Å². The molecule has 0 heterocycles. The number of sulfonamides is 1. The number of amides is 1. The van der Waals surface area contributed by atoms with Gasteiger partial charge >= 0.3 is 6.36 Å². The molecule has 186 valence electrons. The fourth-order valence-electron chi connectivity index (χ4n) is 3.80. The molecule has 1 saturated carbocycles. The summed E-state index contributed by atoms with van der Waals surface area (Å²) in [5.41, 5.74) is 3.03. The molecule has 1 amide bonds. The van der Waals surface area contributed by atoms with Gasteiger partial charge in [-0.25, -0.2) is 13.1 Å². The van der Waals surface area contributed by atoms with Gasteiger partial charge in [-0.3, -0.25) is 4.79 Å². The number of hydrogen-bond acceptors (Lipinski definition) is 4. The van der Waals surface area contributed by atoms with Crippen molar-refractivity contribution in [2.45, 2.75) is 31.2 Å². The first-order valence-electron chi connectivity index (χ1n) is 10.8. The van der Waals surface area contributed by atoms with E-state index in [1.807, 2.05) is 42.5 Å². The molecule has 0 unspecified atom stereocenters. The van der Waals surface area contributed by atoms with Crippen LogP contribution in [0.2, 0.25) is 0 Å². The molecule has 1 aliphatic carbocycles. The molecule has 0 bridgehead atoms. The Morgan fingerprint density at radius 1 is 1.00 bits per heavy atom. The van der Waals surface area contributed by atoms with Gasteiger partial charge in [0.25, 0.3) is 0 Å². The maximum absolute atomic E-state index is 13.1. The molecule has 0 aliphatic heterocycles. The number of carbonyl (C=O) groups is 1. The number of hydrogen-bond donors (Lipinski definition) is 2. The Morgan fingerprint density at radius 3 is 2.23 bits per heavy atom. The molecule has 35 heavy (non-hydrogen) atoms. The van der Waals surface area contributed by atoms with E-state index in [-0.39, 0.29) is 19.6 Å². The Bertz CT molecular complexity index is 1320. The van der Waals surface area contributed by atoms with Crippen LogP contribution in [-0.4, -0.2) is 26.9 Å². The van der Waals surface area contributed by atoms with Crippen LogP contribution in [0, 0.1) is 0 Å². The van der Waals surface area contributed by atoms with E-state index in [1.165, 1.54) is 24.3 Å². The van der Waals surface area contributed by atoms with Crippen molar-refractivity contribution in [1.29, 1.82) is 0 Å². The van der Waals surface area contributed by atoms with Gasteiger partial charge in [-0.05, 0) is 59.4 Å². The van der Waals surface area contributed by atoms with E-state index in [0.29, 0.717) is 24.1 Å². The van der Waals surface area contributed by atoms with Crippen molar-refractivity contribution in [3.63, 3.8) is 0 Å². The average Bonchev–Trinajstić information content (AvgIpc) is 3.59. The summed E-state index contributed by atoms with van der Waals surface area (Å²) in [6.45, 7) is 0.195. The monoisotopic (exact) mass is 506 g/mol. The Labute approximate surface area is 202 Å². The van der Waals surface area contributed by atoms with Crippen LogP contribution in [0.3, 0.4) is 0 Å². The normalized spacial score (nSPS) is 14.9. The van der Waals surface area contributed by atoms with Crippen molar-refractivity contribution in [1.82, 2.24) is 4.72 Å². The van der Waals surface area contributed by atoms with Crippen molar-refractivity contribution in [3.8, 4) is 16.9 Å². The molecular formula is C25H25F3N2O4S. The van der Waals surface area contributed by atoms with E-state index in [1.54, 1.807) is 6.07 Å². The van der Waals surface area contributed by atoms with Crippen LogP contribution < -0.4 is 14.8 Å². The zero-order valence-electron chi connectivity index (χ0n) is 18.7. The summed E-state index contributed by atoms with van der Waals surface area (Å²) >= 11 is 0. The van der Waals surface area contributed by atoms with Gasteiger partial charge in [0.1, 0.15) is 5.75 Å². The van der Waals surface area contributed by atoms with Gasteiger partial charge in [0.2, 0.25) is 15.9 Å². The van der Waals surface area contributed by atoms with Crippen molar-refractivity contribution >= 4 is 21.6 Å². The molecule has 6 nitrogen and oxygen atoms in total. The summed E-state index contributed by atoms with van der Waals surface area (Å²) in [4.78, 5) is 13.1. The van der Waals surface area contributed by atoms with E-state index in [4.69, 9.17) is 0 Å². The highest BCUT2D eigenvalue weighted by Crippen LogP contribution is 2.49. The maximum atomic E-state index is 13.1. The molecule has 4 rings (SSSR count). The number of halogens is 3. The SMILES string of the molecule is CS(=O)(=O)NCc1ccc(-c2cccc(NC(=O)C3(c4ccc(OC(F)(F)F)cc4)CC3)c2)cc1.[HH]. The number of nitrogens with one attached hydrogen (secondary N) is 2. The molecule has 10 heteroatoms. The summed E-state index contributed by atoms with van der Waals surface area (Å²) in [5.74, 6) is -0.551. The summed E-state index contributed by atoms with van der Waals surface area (Å²) in [7, 11) is -3.28. The minimum Gasteiger partial charge on any atom is -0.406 e. The summed E-state index contributed by atoms with van der Waals surface area (Å²) < 4.78 is 66.1. The lowest BCUT2D eigenvalue weighted by atomic mass is 9.94. The molecule has 0 saturated heterocycles. The Kier molecular flexibility index (Phi) is 6.61. The number of alkyl halides is 3. The number of ether oxygens (including phenoxy) is 1. The predicted octanol–water partition coefficient (Wildman–Crippen LogP) is 5.22. The third-order valence-electron chi connectivity index (χ3n) is 5.77. The second-order valence-electron chi connectivity index (χ2n) is 8.48. The molecule has 2 N–H and O–H groups in total. The predicted molar refractivity (Wildman–Crippen MR) is 128 cm³/mol. The van der Waals surface area contributed by atoms with Gasteiger partial charge in [-0.15, -0.1) is 13.2 Å². The topological polar surface area (TPSA) is 84.5 Å². The third-order valence-corrected chi connectivity index (χ3v) is 6.44. The second kappa shape index (κ2) is 9.35. The molecule has 1 fully saturated rings. The first kappa shape index (κ1) is 24.7. The molecule has 3 aromatic carbocycles. The van der Waals surface area contributed by atoms with Gasteiger partial charge in [-0.2, -0.15) is 0 Å². The average molecular weight is 507 g/mol. The fourth-order valence-corrected chi connectivity index (χ4v) is 4.23. The molecule has 0 radical (unpaired) electrons. The van der Waals surface area contributed by atoms with Crippen molar-refractivity contribution in [3.05, 3.63) is 83.9 Å². The van der Waals surface area contributed by atoms with Gasteiger partial charge in [0, 0.05) is 13.7 Å². The first-order valence-corrected chi connectivity index (χ1v) is 12.6. The minimum absolute atomic E-state index is 0. The molecular weight excluding hydrogens is 481 g/mol. The molecule has 0 spiro atoms. The van der Waals surface area contributed by atoms with Crippen LogP contribution in [0.5, 0.6) is 5.75 Å². The Hall–Kier alpha value is -3.37. The van der Waals surface area contributed by atoms with Gasteiger partial charge in [0.15, 0.2) is 0 Å². The summed E-state index contributed by atoms with van der Waals surface area (Å²) in [5, 5.41) is 2.93. The van der Waals surface area contributed by atoms with E-state index in [9.17, 15) is 26.4 Å². The van der Waals surface area contributed by atoms with Crippen LogP contribution in [0.15, 0.2) is 72.8 Å². The first-order chi connectivity index (χ1) is 16.4. The zero-order chi connectivity index (χ0) is 25.3. The highest BCUT2D eigenvalue weighted by atomic mass is 32.2. The summed E-state index contributed by atoms with van der Waals surface area (Å²) in [6, 6.07) is 20.1. The lowest BCUT2D eigenvalue weighted by Crippen LogP contribution is -2.27. The number of rotatable bonds is 8. The lowest BCUT2D eigenvalue weighted by molar-refractivity contribution is -0.274.